The minimum absolute atomic E-state index is 0.196. The number of benzene rings is 2. The normalized spacial score (nSPS) is 11.7. The number of hydrogen-bond acceptors (Lipinski definition) is 3. The van der Waals surface area contributed by atoms with Crippen molar-refractivity contribution in [2.75, 3.05) is 19.5 Å². The quantitative estimate of drug-likeness (QED) is 0.881. The summed E-state index contributed by atoms with van der Waals surface area (Å²) in [5.41, 5.74) is 2.26. The number of para-hydroxylation sites is 1. The molecule has 0 heterocycles. The van der Waals surface area contributed by atoms with E-state index in [-0.39, 0.29) is 6.04 Å². The molecular formula is C16H19NO2. The van der Waals surface area contributed by atoms with Crippen molar-refractivity contribution < 1.29 is 9.47 Å². The standard InChI is InChI=1S/C16H19NO2/c1-12(17-14-7-5-4-6-8-14)13-9-10-15(18-2)16(11-13)19-3/h4-12,17H,1-3H3/t12-/m1/s1. The van der Waals surface area contributed by atoms with Gasteiger partial charge in [0.05, 0.1) is 14.2 Å². The molecule has 1 N–H and O–H groups in total. The van der Waals surface area contributed by atoms with Gasteiger partial charge in [0.1, 0.15) is 0 Å². The molecule has 19 heavy (non-hydrogen) atoms. The molecule has 0 aliphatic rings. The van der Waals surface area contributed by atoms with Crippen molar-refractivity contribution in [3.05, 3.63) is 54.1 Å². The first-order chi connectivity index (χ1) is 9.24. The van der Waals surface area contributed by atoms with Crippen LogP contribution in [0.4, 0.5) is 5.69 Å². The molecule has 1 atom stereocenters. The summed E-state index contributed by atoms with van der Waals surface area (Å²) in [6.07, 6.45) is 0. The summed E-state index contributed by atoms with van der Waals surface area (Å²) in [7, 11) is 3.29. The molecule has 0 bridgehead atoms. The molecule has 0 aliphatic carbocycles. The van der Waals surface area contributed by atoms with Crippen LogP contribution >= 0.6 is 0 Å². The van der Waals surface area contributed by atoms with Gasteiger partial charge in [-0.15, -0.1) is 0 Å². The second-order valence-electron chi connectivity index (χ2n) is 4.35. The Bertz CT molecular complexity index is 526. The van der Waals surface area contributed by atoms with Gasteiger partial charge in [-0.3, -0.25) is 0 Å². The number of nitrogens with one attached hydrogen (secondary N) is 1. The lowest BCUT2D eigenvalue weighted by atomic mass is 10.1. The largest absolute Gasteiger partial charge is 0.493 e. The maximum Gasteiger partial charge on any atom is 0.161 e. The van der Waals surface area contributed by atoms with Crippen LogP contribution in [-0.4, -0.2) is 14.2 Å². The highest BCUT2D eigenvalue weighted by Crippen LogP contribution is 2.30. The zero-order valence-corrected chi connectivity index (χ0v) is 11.5. The Hall–Kier alpha value is -2.16. The number of anilines is 1. The Morgan fingerprint density at radius 3 is 2.21 bits per heavy atom. The molecule has 0 unspecified atom stereocenters. The number of ether oxygens (including phenoxy) is 2. The van der Waals surface area contributed by atoms with Crippen molar-refractivity contribution >= 4 is 5.69 Å². The average molecular weight is 257 g/mol. The molecule has 0 aliphatic heterocycles. The number of hydrogen-bond donors (Lipinski definition) is 1. The second-order valence-corrected chi connectivity index (χ2v) is 4.35. The summed E-state index contributed by atoms with van der Waals surface area (Å²) in [5.74, 6) is 1.50. The predicted octanol–water partition coefficient (Wildman–Crippen LogP) is 3.88. The lowest BCUT2D eigenvalue weighted by molar-refractivity contribution is 0.354. The molecule has 2 aromatic rings. The van der Waals surface area contributed by atoms with Crippen molar-refractivity contribution in [3.63, 3.8) is 0 Å². The van der Waals surface area contributed by atoms with Gasteiger partial charge in [0.15, 0.2) is 11.5 Å². The van der Waals surface area contributed by atoms with Crippen LogP contribution in [0, 0.1) is 0 Å². The van der Waals surface area contributed by atoms with Gasteiger partial charge in [0, 0.05) is 11.7 Å². The summed E-state index contributed by atoms with van der Waals surface area (Å²) in [6, 6.07) is 16.3. The lowest BCUT2D eigenvalue weighted by Gasteiger charge is -2.17. The topological polar surface area (TPSA) is 30.5 Å². The molecule has 0 amide bonds. The highest BCUT2D eigenvalue weighted by Gasteiger charge is 2.09. The van der Waals surface area contributed by atoms with Crippen LogP contribution in [0.5, 0.6) is 11.5 Å². The van der Waals surface area contributed by atoms with Crippen molar-refractivity contribution in [1.29, 1.82) is 0 Å². The van der Waals surface area contributed by atoms with E-state index in [1.54, 1.807) is 14.2 Å². The average Bonchev–Trinajstić information content (AvgIpc) is 2.47. The molecule has 0 radical (unpaired) electrons. The Balaban J connectivity index is 2.17. The fraction of sp³-hybridized carbons (Fsp3) is 0.250. The molecule has 2 aromatic carbocycles. The van der Waals surface area contributed by atoms with Gasteiger partial charge >= 0.3 is 0 Å². The van der Waals surface area contributed by atoms with E-state index in [2.05, 4.69) is 24.4 Å². The van der Waals surface area contributed by atoms with E-state index in [1.807, 2.05) is 36.4 Å². The van der Waals surface area contributed by atoms with Crippen LogP contribution in [0.2, 0.25) is 0 Å². The molecule has 3 heteroatoms. The first-order valence-corrected chi connectivity index (χ1v) is 6.28. The fourth-order valence-electron chi connectivity index (χ4n) is 1.99. The molecular weight excluding hydrogens is 238 g/mol. The van der Waals surface area contributed by atoms with Gasteiger partial charge in [0.25, 0.3) is 0 Å². The summed E-state index contributed by atoms with van der Waals surface area (Å²) < 4.78 is 10.6. The molecule has 2 rings (SSSR count). The van der Waals surface area contributed by atoms with E-state index in [0.717, 1.165) is 22.7 Å². The van der Waals surface area contributed by atoms with Crippen LogP contribution in [-0.2, 0) is 0 Å². The van der Waals surface area contributed by atoms with Gasteiger partial charge < -0.3 is 14.8 Å². The summed E-state index contributed by atoms with van der Waals surface area (Å²) in [4.78, 5) is 0. The third kappa shape index (κ3) is 3.19. The molecule has 0 spiro atoms. The van der Waals surface area contributed by atoms with Crippen LogP contribution < -0.4 is 14.8 Å². The molecule has 0 saturated carbocycles. The van der Waals surface area contributed by atoms with Crippen LogP contribution in [0.3, 0.4) is 0 Å². The molecule has 3 nitrogen and oxygen atoms in total. The van der Waals surface area contributed by atoms with Gasteiger partial charge in [-0.1, -0.05) is 24.3 Å². The molecule has 0 fully saturated rings. The maximum atomic E-state index is 5.32. The lowest BCUT2D eigenvalue weighted by Crippen LogP contribution is -2.06. The summed E-state index contributed by atoms with van der Waals surface area (Å²) in [6.45, 7) is 2.12. The van der Waals surface area contributed by atoms with Crippen molar-refractivity contribution in [1.82, 2.24) is 0 Å². The maximum absolute atomic E-state index is 5.32. The van der Waals surface area contributed by atoms with Gasteiger partial charge in [-0.25, -0.2) is 0 Å². The van der Waals surface area contributed by atoms with E-state index in [0.29, 0.717) is 0 Å². The smallest absolute Gasteiger partial charge is 0.161 e. The Kier molecular flexibility index (Phi) is 4.29. The summed E-state index contributed by atoms with van der Waals surface area (Å²) in [5, 5.41) is 3.45. The van der Waals surface area contributed by atoms with Gasteiger partial charge in [0.2, 0.25) is 0 Å². The van der Waals surface area contributed by atoms with Crippen LogP contribution in [0.25, 0.3) is 0 Å². The fourth-order valence-corrected chi connectivity index (χ4v) is 1.99. The molecule has 0 aromatic heterocycles. The third-order valence-electron chi connectivity index (χ3n) is 3.06. The first kappa shape index (κ1) is 13.3. The van der Waals surface area contributed by atoms with E-state index in [4.69, 9.17) is 9.47 Å². The van der Waals surface area contributed by atoms with Gasteiger partial charge in [-0.2, -0.15) is 0 Å². The second kappa shape index (κ2) is 6.14. The Labute approximate surface area is 114 Å². The Morgan fingerprint density at radius 1 is 0.895 bits per heavy atom. The number of methoxy groups -OCH3 is 2. The van der Waals surface area contributed by atoms with E-state index < -0.39 is 0 Å². The third-order valence-corrected chi connectivity index (χ3v) is 3.06. The van der Waals surface area contributed by atoms with Crippen LogP contribution in [0.1, 0.15) is 18.5 Å². The molecule has 0 saturated heterocycles. The van der Waals surface area contributed by atoms with Crippen LogP contribution in [0.15, 0.2) is 48.5 Å². The SMILES string of the molecule is COc1ccc([C@@H](C)Nc2ccccc2)cc1OC. The highest BCUT2D eigenvalue weighted by molar-refractivity contribution is 5.48. The van der Waals surface area contributed by atoms with Crippen molar-refractivity contribution in [3.8, 4) is 11.5 Å². The highest BCUT2D eigenvalue weighted by atomic mass is 16.5. The van der Waals surface area contributed by atoms with E-state index in [1.165, 1.54) is 0 Å². The predicted molar refractivity (Wildman–Crippen MR) is 78.0 cm³/mol. The first-order valence-electron chi connectivity index (χ1n) is 6.28. The molecule has 100 valence electrons. The number of rotatable bonds is 5. The van der Waals surface area contributed by atoms with Gasteiger partial charge in [-0.05, 0) is 36.8 Å². The zero-order chi connectivity index (χ0) is 13.7. The van der Waals surface area contributed by atoms with E-state index >= 15 is 0 Å². The van der Waals surface area contributed by atoms with Crippen molar-refractivity contribution in [2.45, 2.75) is 13.0 Å². The minimum Gasteiger partial charge on any atom is -0.493 e. The van der Waals surface area contributed by atoms with Crippen molar-refractivity contribution in [2.24, 2.45) is 0 Å². The zero-order valence-electron chi connectivity index (χ0n) is 11.5. The minimum atomic E-state index is 0.196. The van der Waals surface area contributed by atoms with E-state index in [9.17, 15) is 0 Å². The monoisotopic (exact) mass is 257 g/mol. The Morgan fingerprint density at radius 2 is 1.58 bits per heavy atom. The summed E-state index contributed by atoms with van der Waals surface area (Å²) >= 11 is 0.